The first-order chi connectivity index (χ1) is 12.8. The van der Waals surface area contributed by atoms with Gasteiger partial charge in [0.1, 0.15) is 5.78 Å². The fourth-order valence-corrected chi connectivity index (χ4v) is 3.44. The van der Waals surface area contributed by atoms with Gasteiger partial charge in [-0.25, -0.2) is 0 Å². The number of carbonyl (C=O) groups excluding carboxylic acids is 3. The molecule has 8 nitrogen and oxygen atoms in total. The molecule has 1 saturated carbocycles. The molecule has 2 rings (SSSR count). The largest absolute Gasteiger partial charge is 0.456 e. The van der Waals surface area contributed by atoms with Gasteiger partial charge in [0.05, 0.1) is 6.42 Å². The summed E-state index contributed by atoms with van der Waals surface area (Å²) in [6.07, 6.45) is 0.000119. The topological polar surface area (TPSA) is 116 Å². The van der Waals surface area contributed by atoms with Crippen molar-refractivity contribution in [2.24, 2.45) is 17.8 Å². The molecule has 27 heavy (non-hydrogen) atoms. The highest BCUT2D eigenvalue weighted by Crippen LogP contribution is 2.36. The molecule has 8 heteroatoms. The number of ether oxygens (including phenoxy) is 1. The Kier molecular flexibility index (Phi) is 7.04. The van der Waals surface area contributed by atoms with E-state index in [1.807, 2.05) is 31.2 Å². The summed E-state index contributed by atoms with van der Waals surface area (Å²) in [5.41, 5.74) is 2.01. The van der Waals surface area contributed by atoms with Gasteiger partial charge in [0.2, 0.25) is 6.54 Å². The average molecular weight is 376 g/mol. The Morgan fingerprint density at radius 3 is 2.70 bits per heavy atom. The zero-order valence-corrected chi connectivity index (χ0v) is 15.5. The number of aryl methyl sites for hydroxylation is 1. The molecule has 0 spiro atoms. The summed E-state index contributed by atoms with van der Waals surface area (Å²) >= 11 is 0. The summed E-state index contributed by atoms with van der Waals surface area (Å²) in [6.45, 7) is 3.24. The number of nitrogens with zero attached hydrogens (tertiary/aromatic N) is 1. The quantitative estimate of drug-likeness (QED) is 0.419. The molecule has 0 unspecified atom stereocenters. The zero-order chi connectivity index (χ0) is 20.0. The average Bonchev–Trinajstić information content (AvgIpc) is 2.85. The Hall–Kier alpha value is -2.77. The predicted octanol–water partition coefficient (Wildman–Crippen LogP) is 1.66. The van der Waals surface area contributed by atoms with Crippen LogP contribution in [0.5, 0.6) is 0 Å². The number of ketones is 1. The second-order valence-electron chi connectivity index (χ2n) is 7.00. The summed E-state index contributed by atoms with van der Waals surface area (Å²) in [7, 11) is 0. The minimum Gasteiger partial charge on any atom is -0.456 e. The van der Waals surface area contributed by atoms with Crippen molar-refractivity contribution in [1.82, 2.24) is 5.32 Å². The van der Waals surface area contributed by atoms with Crippen molar-refractivity contribution in [3.8, 4) is 0 Å². The van der Waals surface area contributed by atoms with Gasteiger partial charge in [-0.15, -0.1) is 0 Å². The summed E-state index contributed by atoms with van der Waals surface area (Å²) in [5, 5.41) is 13.5. The maximum atomic E-state index is 12.0. The third kappa shape index (κ3) is 5.87. The molecule has 1 aliphatic carbocycles. The van der Waals surface area contributed by atoms with Crippen LogP contribution in [0.25, 0.3) is 0 Å². The molecule has 1 aromatic rings. The molecule has 0 radical (unpaired) electrons. The molecule has 3 atom stereocenters. The standard InChI is InChI=1S/C19H24N2O6/c1-12-5-3-4-6-14(12)9-20-18(23)11-27-19(24)8-15-16(10-21(25)26)13(2)7-17(15)22/h3-6,13,15-16H,7-11H2,1-2H3,(H,20,23)/t13-,15+,16-/m1/s1. The third-order valence-electron chi connectivity index (χ3n) is 5.03. The summed E-state index contributed by atoms with van der Waals surface area (Å²) in [5.74, 6) is -2.63. The van der Waals surface area contributed by atoms with Crippen LogP contribution in [-0.4, -0.2) is 35.7 Å². The van der Waals surface area contributed by atoms with E-state index in [4.69, 9.17) is 4.74 Å². The van der Waals surface area contributed by atoms with Crippen LogP contribution in [0, 0.1) is 34.8 Å². The molecule has 0 aromatic heterocycles. The van der Waals surface area contributed by atoms with Crippen LogP contribution in [0.1, 0.15) is 30.9 Å². The number of nitro groups is 1. The number of amides is 1. The molecule has 0 aliphatic heterocycles. The van der Waals surface area contributed by atoms with Crippen molar-refractivity contribution in [1.29, 1.82) is 0 Å². The van der Waals surface area contributed by atoms with Gasteiger partial charge in [-0.1, -0.05) is 31.2 Å². The smallest absolute Gasteiger partial charge is 0.307 e. The molecule has 1 N–H and O–H groups in total. The van der Waals surface area contributed by atoms with E-state index in [0.717, 1.165) is 11.1 Å². The maximum Gasteiger partial charge on any atom is 0.307 e. The highest BCUT2D eigenvalue weighted by atomic mass is 16.6. The van der Waals surface area contributed by atoms with E-state index in [-0.39, 0.29) is 31.1 Å². The van der Waals surface area contributed by atoms with E-state index in [1.54, 1.807) is 6.92 Å². The van der Waals surface area contributed by atoms with Crippen molar-refractivity contribution < 1.29 is 24.0 Å². The van der Waals surface area contributed by atoms with Crippen LogP contribution in [0.4, 0.5) is 0 Å². The van der Waals surface area contributed by atoms with Crippen LogP contribution in [0.15, 0.2) is 24.3 Å². The fraction of sp³-hybridized carbons (Fsp3) is 0.526. The number of esters is 1. The Morgan fingerprint density at radius 1 is 1.33 bits per heavy atom. The Balaban J connectivity index is 1.79. The maximum absolute atomic E-state index is 12.0. The SMILES string of the molecule is Cc1ccccc1CNC(=O)COC(=O)C[C@@H]1C(=O)C[C@@H](C)[C@H]1C[N+](=O)[O-]. The van der Waals surface area contributed by atoms with Gasteiger partial charge in [-0.2, -0.15) is 0 Å². The first-order valence-corrected chi connectivity index (χ1v) is 8.89. The monoisotopic (exact) mass is 376 g/mol. The molecular formula is C19H24N2O6. The van der Waals surface area contributed by atoms with Crippen molar-refractivity contribution >= 4 is 17.7 Å². The Labute approximate surface area is 157 Å². The Morgan fingerprint density at radius 2 is 2.04 bits per heavy atom. The fourth-order valence-electron chi connectivity index (χ4n) is 3.44. The van der Waals surface area contributed by atoms with Crippen LogP contribution >= 0.6 is 0 Å². The lowest BCUT2D eigenvalue weighted by Gasteiger charge is -2.17. The van der Waals surface area contributed by atoms with Gasteiger partial charge in [0.15, 0.2) is 6.61 Å². The van der Waals surface area contributed by atoms with E-state index < -0.39 is 35.2 Å². The number of hydrogen-bond donors (Lipinski definition) is 1. The molecule has 1 aromatic carbocycles. The van der Waals surface area contributed by atoms with Gasteiger partial charge in [-0.3, -0.25) is 24.5 Å². The zero-order valence-electron chi connectivity index (χ0n) is 15.5. The Bertz CT molecular complexity index is 733. The van der Waals surface area contributed by atoms with E-state index in [2.05, 4.69) is 5.32 Å². The van der Waals surface area contributed by atoms with Crippen LogP contribution in [-0.2, 0) is 25.7 Å². The number of Topliss-reactive ketones (excluding diaryl/α,β-unsaturated/α-hetero) is 1. The van der Waals surface area contributed by atoms with E-state index in [0.29, 0.717) is 6.54 Å². The van der Waals surface area contributed by atoms with Gasteiger partial charge < -0.3 is 10.1 Å². The number of benzene rings is 1. The molecule has 0 bridgehead atoms. The van der Waals surface area contributed by atoms with Gasteiger partial charge >= 0.3 is 5.97 Å². The van der Waals surface area contributed by atoms with Crippen molar-refractivity contribution in [3.05, 3.63) is 45.5 Å². The molecule has 0 saturated heterocycles. The summed E-state index contributed by atoms with van der Waals surface area (Å²) < 4.78 is 4.95. The van der Waals surface area contributed by atoms with Gasteiger partial charge in [0, 0.05) is 29.7 Å². The van der Waals surface area contributed by atoms with Crippen molar-refractivity contribution in [3.63, 3.8) is 0 Å². The van der Waals surface area contributed by atoms with Crippen molar-refractivity contribution in [2.45, 2.75) is 33.2 Å². The highest BCUT2D eigenvalue weighted by molar-refractivity contribution is 5.88. The lowest BCUT2D eigenvalue weighted by molar-refractivity contribution is -0.490. The summed E-state index contributed by atoms with van der Waals surface area (Å²) in [4.78, 5) is 46.2. The molecule has 146 valence electrons. The molecule has 1 fully saturated rings. The van der Waals surface area contributed by atoms with Crippen LogP contribution < -0.4 is 5.32 Å². The molecular weight excluding hydrogens is 352 g/mol. The molecule has 1 amide bonds. The lowest BCUT2D eigenvalue weighted by Crippen LogP contribution is -2.31. The van der Waals surface area contributed by atoms with Crippen molar-refractivity contribution in [2.75, 3.05) is 13.2 Å². The number of rotatable bonds is 8. The lowest BCUT2D eigenvalue weighted by atomic mass is 9.88. The summed E-state index contributed by atoms with van der Waals surface area (Å²) in [6, 6.07) is 7.60. The second-order valence-corrected chi connectivity index (χ2v) is 7.00. The first-order valence-electron chi connectivity index (χ1n) is 8.89. The minimum absolute atomic E-state index is 0.141. The highest BCUT2D eigenvalue weighted by Gasteiger charge is 2.44. The van der Waals surface area contributed by atoms with Gasteiger partial charge in [0.25, 0.3) is 5.91 Å². The van der Waals surface area contributed by atoms with E-state index in [1.165, 1.54) is 0 Å². The normalized spacial score (nSPS) is 21.7. The minimum atomic E-state index is -0.715. The van der Waals surface area contributed by atoms with Crippen LogP contribution in [0.2, 0.25) is 0 Å². The number of nitrogens with one attached hydrogen (secondary N) is 1. The predicted molar refractivity (Wildman–Crippen MR) is 96.2 cm³/mol. The van der Waals surface area contributed by atoms with E-state index in [9.17, 15) is 24.5 Å². The second kappa shape index (κ2) is 9.25. The van der Waals surface area contributed by atoms with Gasteiger partial charge in [-0.05, 0) is 24.0 Å². The third-order valence-corrected chi connectivity index (χ3v) is 5.03. The van der Waals surface area contributed by atoms with E-state index >= 15 is 0 Å². The number of hydrogen-bond acceptors (Lipinski definition) is 6. The van der Waals surface area contributed by atoms with Crippen LogP contribution in [0.3, 0.4) is 0 Å². The first kappa shape index (κ1) is 20.5. The number of carbonyl (C=O) groups is 3. The molecule has 0 heterocycles. The molecule has 1 aliphatic rings.